The number of nitrogens with one attached hydrogen (secondary N) is 2. The molecule has 1 aromatic carbocycles. The summed E-state index contributed by atoms with van der Waals surface area (Å²) in [4.78, 5) is 17.1. The molecule has 1 atom stereocenters. The van der Waals surface area contributed by atoms with Gasteiger partial charge in [0.05, 0.1) is 29.4 Å². The van der Waals surface area contributed by atoms with Crippen molar-refractivity contribution >= 4 is 28.4 Å². The maximum absolute atomic E-state index is 12.5. The summed E-state index contributed by atoms with van der Waals surface area (Å²) in [6, 6.07) is 14.9. The minimum Gasteiger partial charge on any atom is -0.467 e. The number of hydrogen-bond acceptors (Lipinski definition) is 5. The molecule has 3 aromatic heterocycles. The Kier molecular flexibility index (Phi) is 4.45. The largest absolute Gasteiger partial charge is 0.467 e. The molecule has 0 aliphatic heterocycles. The van der Waals surface area contributed by atoms with Gasteiger partial charge in [0.1, 0.15) is 23.7 Å². The molecule has 140 valence electrons. The fraction of sp³-hybridized carbons (Fsp3) is 0.190. The van der Waals surface area contributed by atoms with E-state index in [-0.39, 0.29) is 5.91 Å². The van der Waals surface area contributed by atoms with E-state index in [1.54, 1.807) is 19.3 Å². The van der Waals surface area contributed by atoms with E-state index in [0.717, 1.165) is 16.6 Å². The Morgan fingerprint density at radius 2 is 2.14 bits per heavy atom. The molecular formula is C21H19N5O2. The number of imidazole rings is 1. The molecule has 0 spiro atoms. The summed E-state index contributed by atoms with van der Waals surface area (Å²) >= 11 is 0. The SMILES string of the molecule is Cc1cc(NC(C)C(=O)NCc2ccco2)n2c(nc3ccccc32)c1C#N. The van der Waals surface area contributed by atoms with Crippen LogP contribution in [-0.4, -0.2) is 21.3 Å². The lowest BCUT2D eigenvalue weighted by Gasteiger charge is -2.17. The van der Waals surface area contributed by atoms with Gasteiger partial charge in [-0.05, 0) is 49.7 Å². The van der Waals surface area contributed by atoms with E-state index < -0.39 is 6.04 Å². The van der Waals surface area contributed by atoms with Crippen LogP contribution in [0.15, 0.2) is 53.1 Å². The number of hydrogen-bond donors (Lipinski definition) is 2. The first-order valence-corrected chi connectivity index (χ1v) is 8.96. The number of aryl methyl sites for hydroxylation is 1. The number of benzene rings is 1. The molecule has 0 bridgehead atoms. The van der Waals surface area contributed by atoms with Gasteiger partial charge in [0.2, 0.25) is 5.91 Å². The third kappa shape index (κ3) is 3.05. The Hall–Kier alpha value is -3.79. The maximum Gasteiger partial charge on any atom is 0.242 e. The molecule has 0 saturated heterocycles. The Morgan fingerprint density at radius 1 is 1.32 bits per heavy atom. The molecule has 7 nitrogen and oxygen atoms in total. The zero-order valence-corrected chi connectivity index (χ0v) is 15.6. The molecule has 0 saturated carbocycles. The zero-order chi connectivity index (χ0) is 19.7. The second kappa shape index (κ2) is 7.08. The highest BCUT2D eigenvalue weighted by Gasteiger charge is 2.18. The molecule has 1 unspecified atom stereocenters. The highest BCUT2D eigenvalue weighted by molar-refractivity contribution is 5.87. The van der Waals surface area contributed by atoms with Crippen LogP contribution >= 0.6 is 0 Å². The van der Waals surface area contributed by atoms with Crippen molar-refractivity contribution in [1.29, 1.82) is 5.26 Å². The summed E-state index contributed by atoms with van der Waals surface area (Å²) < 4.78 is 7.13. The minimum absolute atomic E-state index is 0.156. The molecular weight excluding hydrogens is 354 g/mol. The number of para-hydroxylation sites is 2. The molecule has 3 heterocycles. The van der Waals surface area contributed by atoms with Gasteiger partial charge in [0.15, 0.2) is 5.65 Å². The fourth-order valence-electron chi connectivity index (χ4n) is 3.23. The van der Waals surface area contributed by atoms with Crippen LogP contribution in [0, 0.1) is 18.3 Å². The van der Waals surface area contributed by atoms with Crippen molar-refractivity contribution in [2.45, 2.75) is 26.4 Å². The van der Waals surface area contributed by atoms with Crippen LogP contribution in [0.5, 0.6) is 0 Å². The van der Waals surface area contributed by atoms with E-state index >= 15 is 0 Å². The van der Waals surface area contributed by atoms with Gasteiger partial charge < -0.3 is 15.1 Å². The van der Waals surface area contributed by atoms with Crippen molar-refractivity contribution < 1.29 is 9.21 Å². The lowest BCUT2D eigenvalue weighted by molar-refractivity contribution is -0.121. The molecule has 0 fully saturated rings. The number of furan rings is 1. The second-order valence-electron chi connectivity index (χ2n) is 6.62. The van der Waals surface area contributed by atoms with Gasteiger partial charge in [-0.25, -0.2) is 4.98 Å². The van der Waals surface area contributed by atoms with E-state index in [1.165, 1.54) is 0 Å². The quantitative estimate of drug-likeness (QED) is 0.559. The first-order chi connectivity index (χ1) is 13.6. The standard InChI is InChI=1S/C21H19N5O2/c1-13-10-19(24-14(2)21(27)23-12-15-6-5-9-28-15)26-18-8-4-3-7-17(18)25-20(26)16(13)11-22/h3-10,14,24H,12H2,1-2H3,(H,23,27). The molecule has 0 aliphatic carbocycles. The predicted octanol–water partition coefficient (Wildman–Crippen LogP) is 3.38. The number of anilines is 1. The van der Waals surface area contributed by atoms with Crippen molar-refractivity contribution in [3.63, 3.8) is 0 Å². The monoisotopic (exact) mass is 373 g/mol. The summed E-state index contributed by atoms with van der Waals surface area (Å²) in [5.41, 5.74) is 3.57. The van der Waals surface area contributed by atoms with Crippen LogP contribution in [0.1, 0.15) is 23.8 Å². The van der Waals surface area contributed by atoms with Crippen molar-refractivity contribution in [2.24, 2.45) is 0 Å². The normalized spacial score (nSPS) is 12.0. The average molecular weight is 373 g/mol. The molecule has 4 aromatic rings. The lowest BCUT2D eigenvalue weighted by Crippen LogP contribution is -2.37. The first kappa shape index (κ1) is 17.6. The Morgan fingerprint density at radius 3 is 2.89 bits per heavy atom. The smallest absolute Gasteiger partial charge is 0.242 e. The summed E-state index contributed by atoms with van der Waals surface area (Å²) in [6.07, 6.45) is 1.57. The molecule has 7 heteroatoms. The molecule has 1 amide bonds. The van der Waals surface area contributed by atoms with Crippen LogP contribution < -0.4 is 10.6 Å². The van der Waals surface area contributed by atoms with Gasteiger partial charge in [-0.1, -0.05) is 12.1 Å². The summed E-state index contributed by atoms with van der Waals surface area (Å²) in [7, 11) is 0. The number of carbonyl (C=O) groups is 1. The van der Waals surface area contributed by atoms with Gasteiger partial charge >= 0.3 is 0 Å². The van der Waals surface area contributed by atoms with Crippen molar-refractivity contribution in [3.8, 4) is 6.07 Å². The number of nitriles is 1. The predicted molar refractivity (Wildman–Crippen MR) is 106 cm³/mol. The number of rotatable bonds is 5. The summed E-state index contributed by atoms with van der Waals surface area (Å²) in [6.45, 7) is 3.98. The third-order valence-corrected chi connectivity index (χ3v) is 4.66. The van der Waals surface area contributed by atoms with E-state index in [9.17, 15) is 10.1 Å². The lowest BCUT2D eigenvalue weighted by atomic mass is 10.1. The van der Waals surface area contributed by atoms with Gasteiger partial charge in [-0.15, -0.1) is 0 Å². The topological polar surface area (TPSA) is 95.4 Å². The molecule has 28 heavy (non-hydrogen) atoms. The molecule has 4 rings (SSSR count). The van der Waals surface area contributed by atoms with Crippen LogP contribution in [-0.2, 0) is 11.3 Å². The van der Waals surface area contributed by atoms with Gasteiger partial charge in [-0.3, -0.25) is 9.20 Å². The third-order valence-electron chi connectivity index (χ3n) is 4.66. The maximum atomic E-state index is 12.5. The van der Waals surface area contributed by atoms with E-state index in [1.807, 2.05) is 47.7 Å². The van der Waals surface area contributed by atoms with Crippen LogP contribution in [0.25, 0.3) is 16.7 Å². The highest BCUT2D eigenvalue weighted by Crippen LogP contribution is 2.26. The number of aromatic nitrogens is 2. The van der Waals surface area contributed by atoms with Crippen molar-refractivity contribution in [3.05, 3.63) is 65.6 Å². The van der Waals surface area contributed by atoms with Crippen LogP contribution in [0.2, 0.25) is 0 Å². The Labute approximate surface area is 161 Å². The van der Waals surface area contributed by atoms with Crippen LogP contribution in [0.3, 0.4) is 0 Å². The van der Waals surface area contributed by atoms with E-state index in [4.69, 9.17) is 4.42 Å². The van der Waals surface area contributed by atoms with Gasteiger partial charge in [0.25, 0.3) is 0 Å². The first-order valence-electron chi connectivity index (χ1n) is 8.96. The summed E-state index contributed by atoms with van der Waals surface area (Å²) in [5, 5.41) is 15.7. The highest BCUT2D eigenvalue weighted by atomic mass is 16.3. The average Bonchev–Trinajstić information content (AvgIpc) is 3.33. The number of pyridine rings is 1. The van der Waals surface area contributed by atoms with Crippen molar-refractivity contribution in [2.75, 3.05) is 5.32 Å². The van der Waals surface area contributed by atoms with Gasteiger partial charge in [0, 0.05) is 0 Å². The minimum atomic E-state index is -0.494. The number of amides is 1. The molecule has 0 aliphatic rings. The fourth-order valence-corrected chi connectivity index (χ4v) is 3.23. The number of nitrogens with zero attached hydrogens (tertiary/aromatic N) is 3. The van der Waals surface area contributed by atoms with Gasteiger partial charge in [-0.2, -0.15) is 5.26 Å². The van der Waals surface area contributed by atoms with Crippen LogP contribution in [0.4, 0.5) is 5.82 Å². The Bertz CT molecular complexity index is 1200. The molecule has 2 N–H and O–H groups in total. The summed E-state index contributed by atoms with van der Waals surface area (Å²) in [5.74, 6) is 1.24. The molecule has 0 radical (unpaired) electrons. The second-order valence-corrected chi connectivity index (χ2v) is 6.62. The zero-order valence-electron chi connectivity index (χ0n) is 15.6. The number of fused-ring (bicyclic) bond motifs is 3. The number of carbonyl (C=O) groups excluding carboxylic acids is 1. The van der Waals surface area contributed by atoms with Crippen molar-refractivity contribution in [1.82, 2.24) is 14.7 Å². The van der Waals surface area contributed by atoms with E-state index in [0.29, 0.717) is 29.3 Å². The van der Waals surface area contributed by atoms with E-state index in [2.05, 4.69) is 21.7 Å². The Balaban J connectivity index is 1.68.